The maximum absolute atomic E-state index is 6.65. The van der Waals surface area contributed by atoms with E-state index >= 15 is 0 Å². The Morgan fingerprint density at radius 1 is 1.22 bits per heavy atom. The molecule has 6 heteroatoms. The fraction of sp³-hybridized carbons (Fsp3) is 0.808. The fourth-order valence-corrected chi connectivity index (χ4v) is 6.43. The topological polar surface area (TPSA) is 60.6 Å². The van der Waals surface area contributed by atoms with E-state index in [4.69, 9.17) is 19.9 Å². The first-order valence-corrected chi connectivity index (χ1v) is 15.5. The third kappa shape index (κ3) is 4.40. The second-order valence-corrected chi connectivity index (χ2v) is 17.2. The lowest BCUT2D eigenvalue weighted by molar-refractivity contribution is 0.0794. The van der Waals surface area contributed by atoms with Crippen LogP contribution in [0.1, 0.15) is 71.6 Å². The molecule has 0 spiro atoms. The van der Waals surface area contributed by atoms with E-state index in [0.717, 1.165) is 38.5 Å². The zero-order valence-electron chi connectivity index (χ0n) is 21.6. The highest BCUT2D eigenvalue weighted by Gasteiger charge is 2.58. The maximum Gasteiger partial charge on any atom is 0.192 e. The third-order valence-corrected chi connectivity index (χ3v) is 13.7. The first kappa shape index (κ1) is 24.2. The van der Waals surface area contributed by atoms with Crippen LogP contribution in [0.25, 0.3) is 0 Å². The van der Waals surface area contributed by atoms with Gasteiger partial charge in [-0.3, -0.25) is 0 Å². The average molecular weight is 460 g/mol. The van der Waals surface area contributed by atoms with Crippen molar-refractivity contribution >= 4 is 14.1 Å². The lowest BCUT2D eigenvalue weighted by atomic mass is 9.83. The summed E-state index contributed by atoms with van der Waals surface area (Å²) in [6.45, 7) is 22.0. The monoisotopic (exact) mass is 459 g/mol. The summed E-state index contributed by atoms with van der Waals surface area (Å²) in [4.78, 5) is 7.67. The molecule has 3 fully saturated rings. The largest absolute Gasteiger partial charge is 0.410 e. The predicted molar refractivity (Wildman–Crippen MR) is 135 cm³/mol. The molecule has 5 atom stereocenters. The van der Waals surface area contributed by atoms with E-state index in [1.807, 2.05) is 0 Å². The van der Waals surface area contributed by atoms with Crippen molar-refractivity contribution in [2.75, 3.05) is 31.2 Å². The number of nitrogens with zero attached hydrogens (tertiary/aromatic N) is 2. The molecule has 2 N–H and O–H groups in total. The first-order valence-electron chi connectivity index (χ1n) is 12.6. The van der Waals surface area contributed by atoms with Crippen molar-refractivity contribution in [3.05, 3.63) is 23.4 Å². The quantitative estimate of drug-likeness (QED) is 0.578. The van der Waals surface area contributed by atoms with Crippen molar-refractivity contribution in [3.63, 3.8) is 0 Å². The van der Waals surface area contributed by atoms with Gasteiger partial charge < -0.3 is 19.8 Å². The van der Waals surface area contributed by atoms with Crippen LogP contribution in [0.3, 0.4) is 0 Å². The van der Waals surface area contributed by atoms with E-state index in [-0.39, 0.29) is 16.5 Å². The summed E-state index contributed by atoms with van der Waals surface area (Å²) in [6.07, 6.45) is 2.64. The lowest BCUT2D eigenvalue weighted by Crippen LogP contribution is -2.58. The van der Waals surface area contributed by atoms with Gasteiger partial charge in [-0.15, -0.1) is 0 Å². The van der Waals surface area contributed by atoms with Gasteiger partial charge in [0.2, 0.25) is 0 Å². The Bertz CT molecular complexity index is 831. The minimum atomic E-state index is -1.74. The van der Waals surface area contributed by atoms with E-state index in [1.54, 1.807) is 0 Å². The van der Waals surface area contributed by atoms with Crippen molar-refractivity contribution in [1.82, 2.24) is 4.98 Å². The van der Waals surface area contributed by atoms with Crippen LogP contribution in [0.2, 0.25) is 18.1 Å². The molecule has 180 valence electrons. The van der Waals surface area contributed by atoms with Gasteiger partial charge in [-0.1, -0.05) is 34.6 Å². The Morgan fingerprint density at radius 2 is 1.91 bits per heavy atom. The van der Waals surface area contributed by atoms with Gasteiger partial charge >= 0.3 is 0 Å². The predicted octanol–water partition coefficient (Wildman–Crippen LogP) is 5.06. The number of nitrogens with two attached hydrogens (primary N) is 1. The SMILES string of the molecule is CC(c1cc(N2CC(O[Si](C)(C)C(C)(C)C)C2)nc(C23CCOCC2C3)c1)C(C)[C@@H](C)N. The lowest BCUT2D eigenvalue weighted by Gasteiger charge is -2.47. The molecule has 32 heavy (non-hydrogen) atoms. The Morgan fingerprint density at radius 3 is 2.50 bits per heavy atom. The van der Waals surface area contributed by atoms with Crippen LogP contribution in [0.4, 0.5) is 5.82 Å². The van der Waals surface area contributed by atoms with Crippen molar-refractivity contribution in [2.45, 2.75) is 96.0 Å². The number of hydrogen-bond acceptors (Lipinski definition) is 5. The Balaban J connectivity index is 1.56. The molecule has 3 aliphatic rings. The van der Waals surface area contributed by atoms with Crippen LogP contribution in [-0.2, 0) is 14.6 Å². The number of anilines is 1. The molecule has 1 aliphatic carbocycles. The van der Waals surface area contributed by atoms with E-state index in [2.05, 4.69) is 71.7 Å². The number of aromatic nitrogens is 1. The van der Waals surface area contributed by atoms with E-state index in [0.29, 0.717) is 23.9 Å². The van der Waals surface area contributed by atoms with Crippen LogP contribution in [-0.4, -0.2) is 51.8 Å². The molecule has 0 aromatic carbocycles. The summed E-state index contributed by atoms with van der Waals surface area (Å²) in [5, 5.41) is 0.243. The van der Waals surface area contributed by atoms with Gasteiger partial charge in [0.05, 0.1) is 12.7 Å². The van der Waals surface area contributed by atoms with E-state index in [1.165, 1.54) is 17.7 Å². The smallest absolute Gasteiger partial charge is 0.192 e. The van der Waals surface area contributed by atoms with Crippen LogP contribution < -0.4 is 10.6 Å². The summed E-state index contributed by atoms with van der Waals surface area (Å²) >= 11 is 0. The molecule has 5 nitrogen and oxygen atoms in total. The second-order valence-electron chi connectivity index (χ2n) is 12.4. The van der Waals surface area contributed by atoms with Crippen molar-refractivity contribution in [1.29, 1.82) is 0 Å². The molecule has 1 aromatic rings. The number of rotatable bonds is 7. The molecule has 2 aliphatic heterocycles. The minimum absolute atomic E-state index is 0.173. The van der Waals surface area contributed by atoms with Gasteiger partial charge in [-0.25, -0.2) is 4.98 Å². The number of fused-ring (bicyclic) bond motifs is 1. The van der Waals surface area contributed by atoms with E-state index in [9.17, 15) is 0 Å². The van der Waals surface area contributed by atoms with Gasteiger partial charge in [0.15, 0.2) is 8.32 Å². The normalized spacial score (nSPS) is 29.2. The van der Waals surface area contributed by atoms with Crippen LogP contribution in [0.15, 0.2) is 12.1 Å². The Labute approximate surface area is 196 Å². The molecule has 1 saturated carbocycles. The van der Waals surface area contributed by atoms with Gasteiger partial charge in [0.25, 0.3) is 0 Å². The molecule has 0 radical (unpaired) electrons. The van der Waals surface area contributed by atoms with Crippen molar-refractivity contribution < 1.29 is 9.16 Å². The summed E-state index contributed by atoms with van der Waals surface area (Å²) in [7, 11) is -1.74. The number of ether oxygens (including phenoxy) is 1. The molecule has 4 unspecified atom stereocenters. The summed E-state index contributed by atoms with van der Waals surface area (Å²) in [5.41, 5.74) is 9.19. The van der Waals surface area contributed by atoms with Crippen molar-refractivity contribution in [3.8, 4) is 0 Å². The molecule has 2 saturated heterocycles. The average Bonchev–Trinajstić information content (AvgIpc) is 3.44. The summed E-state index contributed by atoms with van der Waals surface area (Å²) in [5.74, 6) is 2.60. The highest BCUT2D eigenvalue weighted by Crippen LogP contribution is 2.58. The highest BCUT2D eigenvalue weighted by molar-refractivity contribution is 6.74. The second kappa shape index (κ2) is 8.37. The molecule has 4 rings (SSSR count). The zero-order valence-corrected chi connectivity index (χ0v) is 22.6. The molecule has 0 amide bonds. The van der Waals surface area contributed by atoms with Gasteiger partial charge in [-0.05, 0) is 73.3 Å². The Kier molecular flexibility index (Phi) is 6.32. The molecular formula is C26H45N3O2Si. The van der Waals surface area contributed by atoms with Gasteiger partial charge in [0, 0.05) is 36.8 Å². The van der Waals surface area contributed by atoms with Crippen LogP contribution >= 0.6 is 0 Å². The summed E-state index contributed by atoms with van der Waals surface area (Å²) < 4.78 is 12.4. The highest BCUT2D eigenvalue weighted by atomic mass is 28.4. The number of pyridine rings is 1. The minimum Gasteiger partial charge on any atom is -0.410 e. The van der Waals surface area contributed by atoms with Crippen LogP contribution in [0.5, 0.6) is 0 Å². The van der Waals surface area contributed by atoms with Crippen LogP contribution in [0, 0.1) is 11.8 Å². The molecule has 0 bridgehead atoms. The third-order valence-electron chi connectivity index (χ3n) is 9.17. The zero-order chi connectivity index (χ0) is 23.5. The standard InChI is InChI=1S/C26H45N3O2Si/c1-17(19(3)27)18(2)20-11-23(26-9-10-30-16-21(26)13-26)28-24(12-20)29-14-22(15-29)31-32(7,8)25(4,5)6/h11-12,17-19,21-22H,9-10,13-16,27H2,1-8H3/t17?,18?,19-,21?,26?/m1/s1. The Hall–Kier alpha value is -0.953. The molecule has 1 aromatic heterocycles. The van der Waals surface area contributed by atoms with Gasteiger partial charge in [-0.2, -0.15) is 0 Å². The fourth-order valence-electron chi connectivity index (χ4n) is 5.10. The summed E-state index contributed by atoms with van der Waals surface area (Å²) in [6, 6.07) is 4.89. The van der Waals surface area contributed by atoms with Crippen molar-refractivity contribution in [2.24, 2.45) is 17.6 Å². The van der Waals surface area contributed by atoms with Gasteiger partial charge in [0.1, 0.15) is 5.82 Å². The number of hydrogen-bond donors (Lipinski definition) is 1. The van der Waals surface area contributed by atoms with E-state index < -0.39 is 8.32 Å². The first-order chi connectivity index (χ1) is 14.8. The molecule has 3 heterocycles. The maximum atomic E-state index is 6.65. The molecular weight excluding hydrogens is 414 g/mol.